The minimum absolute atomic E-state index is 0.0218. The van der Waals surface area contributed by atoms with Gasteiger partial charge in [0.15, 0.2) is 0 Å². The Kier molecular flexibility index (Phi) is 7.07. The summed E-state index contributed by atoms with van der Waals surface area (Å²) >= 11 is 1.75. The number of carbonyl (C=O) groups excluding carboxylic acids is 1. The zero-order valence-corrected chi connectivity index (χ0v) is 16.2. The van der Waals surface area contributed by atoms with E-state index < -0.39 is 0 Å². The third-order valence-electron chi connectivity index (χ3n) is 3.94. The average Bonchev–Trinajstić information content (AvgIpc) is 3.31. The molecule has 0 saturated carbocycles. The molecule has 0 bridgehead atoms. The van der Waals surface area contributed by atoms with E-state index in [9.17, 15) is 4.79 Å². The Morgan fingerprint density at radius 1 is 1.11 bits per heavy atom. The Hall–Kier alpha value is -2.57. The van der Waals surface area contributed by atoms with E-state index in [4.69, 9.17) is 9.15 Å². The van der Waals surface area contributed by atoms with Gasteiger partial charge in [0.2, 0.25) is 5.91 Å². The Bertz CT molecular complexity index is 815. The van der Waals surface area contributed by atoms with Crippen molar-refractivity contribution in [2.24, 2.45) is 0 Å². The fraction of sp³-hybridized carbons (Fsp3) is 0.286. The Morgan fingerprint density at radius 2 is 1.96 bits per heavy atom. The molecular weight excluding hydrogens is 360 g/mol. The SMILES string of the molecule is Cc1ccc(CN(CC(=O)NCCOc2ccccc2)Cc2ccco2)s1. The second kappa shape index (κ2) is 9.94. The number of ether oxygens (including phenoxy) is 1. The van der Waals surface area contributed by atoms with Crippen LogP contribution >= 0.6 is 11.3 Å². The van der Waals surface area contributed by atoms with Crippen molar-refractivity contribution in [1.82, 2.24) is 10.2 Å². The fourth-order valence-electron chi connectivity index (χ4n) is 2.72. The van der Waals surface area contributed by atoms with E-state index in [0.717, 1.165) is 11.5 Å². The van der Waals surface area contributed by atoms with E-state index >= 15 is 0 Å². The number of rotatable bonds is 10. The van der Waals surface area contributed by atoms with Crippen LogP contribution in [0.1, 0.15) is 15.5 Å². The summed E-state index contributed by atoms with van der Waals surface area (Å²) in [5.41, 5.74) is 0. The van der Waals surface area contributed by atoms with Crippen LogP contribution in [0.3, 0.4) is 0 Å². The minimum atomic E-state index is -0.0218. The normalized spacial score (nSPS) is 10.9. The molecule has 1 aromatic carbocycles. The first-order valence-corrected chi connectivity index (χ1v) is 9.75. The van der Waals surface area contributed by atoms with Crippen LogP contribution in [-0.4, -0.2) is 30.5 Å². The molecule has 0 fully saturated rings. The van der Waals surface area contributed by atoms with Crippen LogP contribution in [0.4, 0.5) is 0 Å². The van der Waals surface area contributed by atoms with Gasteiger partial charge in [0.1, 0.15) is 18.1 Å². The van der Waals surface area contributed by atoms with E-state index in [0.29, 0.717) is 32.8 Å². The maximum absolute atomic E-state index is 12.4. The van der Waals surface area contributed by atoms with Crippen LogP contribution in [0.25, 0.3) is 0 Å². The highest BCUT2D eigenvalue weighted by molar-refractivity contribution is 7.11. The highest BCUT2D eigenvalue weighted by atomic mass is 32.1. The summed E-state index contributed by atoms with van der Waals surface area (Å²) in [4.78, 5) is 16.9. The molecule has 142 valence electrons. The second-order valence-electron chi connectivity index (χ2n) is 6.25. The quantitative estimate of drug-likeness (QED) is 0.540. The highest BCUT2D eigenvalue weighted by Crippen LogP contribution is 2.18. The van der Waals surface area contributed by atoms with Crippen molar-refractivity contribution < 1.29 is 13.9 Å². The number of nitrogens with zero attached hydrogens (tertiary/aromatic N) is 1. The van der Waals surface area contributed by atoms with Gasteiger partial charge in [0, 0.05) is 16.3 Å². The maximum atomic E-state index is 12.4. The molecule has 3 rings (SSSR count). The lowest BCUT2D eigenvalue weighted by atomic mass is 10.3. The van der Waals surface area contributed by atoms with Gasteiger partial charge in [0.05, 0.1) is 25.9 Å². The summed E-state index contributed by atoms with van der Waals surface area (Å²) in [6.45, 7) is 4.62. The number of hydrogen-bond donors (Lipinski definition) is 1. The summed E-state index contributed by atoms with van der Waals surface area (Å²) < 4.78 is 11.0. The van der Waals surface area contributed by atoms with E-state index in [2.05, 4.69) is 29.3 Å². The number of hydrogen-bond acceptors (Lipinski definition) is 5. The van der Waals surface area contributed by atoms with Crippen molar-refractivity contribution in [1.29, 1.82) is 0 Å². The minimum Gasteiger partial charge on any atom is -0.492 e. The molecule has 2 aromatic heterocycles. The van der Waals surface area contributed by atoms with Crippen molar-refractivity contribution in [2.75, 3.05) is 19.7 Å². The summed E-state index contributed by atoms with van der Waals surface area (Å²) in [5.74, 6) is 1.63. The standard InChI is InChI=1S/C21H24N2O3S/c1-17-9-10-20(27-17)15-23(14-19-8-5-12-25-19)16-21(24)22-11-13-26-18-6-3-2-4-7-18/h2-10,12H,11,13-16H2,1H3,(H,22,24). The lowest BCUT2D eigenvalue weighted by Crippen LogP contribution is -2.38. The van der Waals surface area contributed by atoms with Crippen molar-refractivity contribution in [3.8, 4) is 5.75 Å². The number of aryl methyl sites for hydroxylation is 1. The number of amides is 1. The van der Waals surface area contributed by atoms with Gasteiger partial charge in [-0.1, -0.05) is 18.2 Å². The third-order valence-corrected chi connectivity index (χ3v) is 4.92. The zero-order chi connectivity index (χ0) is 18.9. The van der Waals surface area contributed by atoms with E-state index in [-0.39, 0.29) is 5.91 Å². The Balaban J connectivity index is 1.47. The summed E-state index contributed by atoms with van der Waals surface area (Å²) in [5, 5.41) is 2.92. The molecule has 0 aliphatic heterocycles. The van der Waals surface area contributed by atoms with E-state index in [1.807, 2.05) is 42.5 Å². The second-order valence-corrected chi connectivity index (χ2v) is 7.62. The third kappa shape index (κ3) is 6.58. The molecule has 1 amide bonds. The van der Waals surface area contributed by atoms with Crippen LogP contribution in [0.15, 0.2) is 65.3 Å². The van der Waals surface area contributed by atoms with Crippen LogP contribution < -0.4 is 10.1 Å². The molecule has 1 N–H and O–H groups in total. The van der Waals surface area contributed by atoms with Crippen LogP contribution in [0.5, 0.6) is 5.75 Å². The number of thiophene rings is 1. The molecule has 0 aliphatic rings. The number of benzene rings is 1. The van der Waals surface area contributed by atoms with E-state index in [1.54, 1.807) is 17.6 Å². The van der Waals surface area contributed by atoms with Crippen molar-refractivity contribution in [3.05, 3.63) is 76.4 Å². The average molecular weight is 385 g/mol. The number of carbonyl (C=O) groups is 1. The van der Waals surface area contributed by atoms with Crippen LogP contribution in [0, 0.1) is 6.92 Å². The van der Waals surface area contributed by atoms with Gasteiger partial charge in [-0.15, -0.1) is 11.3 Å². The maximum Gasteiger partial charge on any atom is 0.234 e. The molecule has 2 heterocycles. The largest absolute Gasteiger partial charge is 0.492 e. The first-order valence-electron chi connectivity index (χ1n) is 8.93. The molecule has 6 heteroatoms. The van der Waals surface area contributed by atoms with E-state index in [1.165, 1.54) is 9.75 Å². The molecule has 0 radical (unpaired) electrons. The summed E-state index contributed by atoms with van der Waals surface area (Å²) in [6.07, 6.45) is 1.66. The van der Waals surface area contributed by atoms with Gasteiger partial charge in [-0.2, -0.15) is 0 Å². The molecule has 0 aliphatic carbocycles. The molecule has 3 aromatic rings. The molecule has 0 unspecified atom stereocenters. The first kappa shape index (κ1) is 19.2. The fourth-order valence-corrected chi connectivity index (χ4v) is 3.65. The van der Waals surface area contributed by atoms with Crippen LogP contribution in [0.2, 0.25) is 0 Å². The van der Waals surface area contributed by atoms with Gasteiger partial charge in [-0.05, 0) is 43.3 Å². The van der Waals surface area contributed by atoms with Gasteiger partial charge in [-0.3, -0.25) is 9.69 Å². The molecule has 0 atom stereocenters. The van der Waals surface area contributed by atoms with Gasteiger partial charge >= 0.3 is 0 Å². The lowest BCUT2D eigenvalue weighted by Gasteiger charge is -2.20. The first-order chi connectivity index (χ1) is 13.2. The summed E-state index contributed by atoms with van der Waals surface area (Å²) in [6, 6.07) is 17.6. The summed E-state index contributed by atoms with van der Waals surface area (Å²) in [7, 11) is 0. The zero-order valence-electron chi connectivity index (χ0n) is 15.4. The smallest absolute Gasteiger partial charge is 0.234 e. The molecule has 5 nitrogen and oxygen atoms in total. The predicted molar refractivity (Wildman–Crippen MR) is 107 cm³/mol. The topological polar surface area (TPSA) is 54.7 Å². The van der Waals surface area contributed by atoms with Crippen molar-refractivity contribution in [2.45, 2.75) is 20.0 Å². The molecule has 27 heavy (non-hydrogen) atoms. The van der Waals surface area contributed by atoms with Crippen LogP contribution in [-0.2, 0) is 17.9 Å². The number of furan rings is 1. The predicted octanol–water partition coefficient (Wildman–Crippen LogP) is 3.85. The van der Waals surface area contributed by atoms with Gasteiger partial charge in [0.25, 0.3) is 0 Å². The van der Waals surface area contributed by atoms with Crippen molar-refractivity contribution in [3.63, 3.8) is 0 Å². The monoisotopic (exact) mass is 384 g/mol. The lowest BCUT2D eigenvalue weighted by molar-refractivity contribution is -0.122. The Morgan fingerprint density at radius 3 is 2.67 bits per heavy atom. The molecule has 0 saturated heterocycles. The van der Waals surface area contributed by atoms with Gasteiger partial charge in [-0.25, -0.2) is 0 Å². The molecule has 0 spiro atoms. The van der Waals surface area contributed by atoms with Gasteiger partial charge < -0.3 is 14.5 Å². The molecular formula is C21H24N2O3S. The van der Waals surface area contributed by atoms with Crippen molar-refractivity contribution >= 4 is 17.2 Å². The number of nitrogens with one attached hydrogen (secondary N) is 1. The Labute approximate surface area is 163 Å². The highest BCUT2D eigenvalue weighted by Gasteiger charge is 2.14. The number of para-hydroxylation sites is 1.